The maximum Gasteiger partial charge on any atom is 0.230 e. The quantitative estimate of drug-likeness (QED) is 0.637. The van der Waals surface area contributed by atoms with Crippen LogP contribution in [0.15, 0.2) is 11.2 Å². The van der Waals surface area contributed by atoms with E-state index in [1.165, 1.54) is 11.8 Å². The Bertz CT molecular complexity index is 426. The molecule has 104 valence electrons. The SMILES string of the molecule is Cc1cc(C)nc(SCC(=O)NC2CCCNC2)n1. The molecule has 1 atom stereocenters. The molecule has 0 spiro atoms. The second-order valence-electron chi connectivity index (χ2n) is 4.83. The van der Waals surface area contributed by atoms with Gasteiger partial charge in [0.2, 0.25) is 5.91 Å². The van der Waals surface area contributed by atoms with Crippen LogP contribution < -0.4 is 10.6 Å². The summed E-state index contributed by atoms with van der Waals surface area (Å²) in [6.45, 7) is 5.80. The molecule has 1 aromatic heterocycles. The van der Waals surface area contributed by atoms with Gasteiger partial charge >= 0.3 is 0 Å². The molecule has 2 heterocycles. The molecule has 0 aliphatic carbocycles. The first-order chi connectivity index (χ1) is 9.13. The third-order valence-electron chi connectivity index (χ3n) is 2.96. The number of nitrogens with zero attached hydrogens (tertiary/aromatic N) is 2. The number of rotatable bonds is 4. The van der Waals surface area contributed by atoms with E-state index in [0.717, 1.165) is 37.3 Å². The van der Waals surface area contributed by atoms with Crippen molar-refractivity contribution < 1.29 is 4.79 Å². The van der Waals surface area contributed by atoms with Gasteiger partial charge in [0.25, 0.3) is 0 Å². The summed E-state index contributed by atoms with van der Waals surface area (Å²) in [5.41, 5.74) is 1.87. The summed E-state index contributed by atoms with van der Waals surface area (Å²) >= 11 is 1.39. The average molecular weight is 280 g/mol. The van der Waals surface area contributed by atoms with Crippen LogP contribution in [-0.4, -0.2) is 40.8 Å². The first-order valence-electron chi connectivity index (χ1n) is 6.58. The zero-order valence-electron chi connectivity index (χ0n) is 11.4. The lowest BCUT2D eigenvalue weighted by molar-refractivity contribution is -0.119. The number of carbonyl (C=O) groups excluding carboxylic acids is 1. The number of thioether (sulfide) groups is 1. The molecule has 5 nitrogen and oxygen atoms in total. The summed E-state index contributed by atoms with van der Waals surface area (Å²) in [5.74, 6) is 0.431. The number of aromatic nitrogens is 2. The van der Waals surface area contributed by atoms with Gasteiger partial charge in [0.15, 0.2) is 5.16 Å². The van der Waals surface area contributed by atoms with Crippen molar-refractivity contribution in [3.8, 4) is 0 Å². The summed E-state index contributed by atoms with van der Waals surface area (Å²) in [5, 5.41) is 7.00. The van der Waals surface area contributed by atoms with Crippen LogP contribution in [-0.2, 0) is 4.79 Å². The summed E-state index contributed by atoms with van der Waals surface area (Å²) in [7, 11) is 0. The minimum atomic E-state index is 0.0569. The Labute approximate surface area is 118 Å². The highest BCUT2D eigenvalue weighted by Gasteiger charge is 2.15. The monoisotopic (exact) mass is 280 g/mol. The minimum Gasteiger partial charge on any atom is -0.351 e. The predicted molar refractivity (Wildman–Crippen MR) is 76.3 cm³/mol. The maximum absolute atomic E-state index is 11.8. The fraction of sp³-hybridized carbons (Fsp3) is 0.615. The van der Waals surface area contributed by atoms with Crippen LogP contribution in [0.25, 0.3) is 0 Å². The highest BCUT2D eigenvalue weighted by molar-refractivity contribution is 7.99. The molecular weight excluding hydrogens is 260 g/mol. The Morgan fingerprint density at radius 1 is 1.47 bits per heavy atom. The van der Waals surface area contributed by atoms with Gasteiger partial charge in [-0.15, -0.1) is 0 Å². The van der Waals surface area contributed by atoms with Crippen LogP contribution in [0, 0.1) is 13.8 Å². The van der Waals surface area contributed by atoms with Crippen molar-refractivity contribution in [2.45, 2.75) is 37.9 Å². The first-order valence-corrected chi connectivity index (χ1v) is 7.57. The van der Waals surface area contributed by atoms with Gasteiger partial charge in [-0.05, 0) is 39.3 Å². The highest BCUT2D eigenvalue weighted by Crippen LogP contribution is 2.13. The number of nitrogens with one attached hydrogen (secondary N) is 2. The van der Waals surface area contributed by atoms with Gasteiger partial charge in [0.1, 0.15) is 0 Å². The molecule has 1 unspecified atom stereocenters. The number of piperidine rings is 1. The van der Waals surface area contributed by atoms with Crippen molar-refractivity contribution in [3.63, 3.8) is 0 Å². The maximum atomic E-state index is 11.8. The Morgan fingerprint density at radius 2 is 2.21 bits per heavy atom. The van der Waals surface area contributed by atoms with Crippen molar-refractivity contribution in [3.05, 3.63) is 17.5 Å². The van der Waals surface area contributed by atoms with Crippen molar-refractivity contribution in [1.29, 1.82) is 0 Å². The third-order valence-corrected chi connectivity index (χ3v) is 3.80. The molecule has 2 rings (SSSR count). The molecule has 2 N–H and O–H groups in total. The van der Waals surface area contributed by atoms with Crippen LogP contribution in [0.4, 0.5) is 0 Å². The average Bonchev–Trinajstić information content (AvgIpc) is 2.36. The van der Waals surface area contributed by atoms with E-state index in [2.05, 4.69) is 20.6 Å². The molecule has 19 heavy (non-hydrogen) atoms. The van der Waals surface area contributed by atoms with Crippen LogP contribution in [0.3, 0.4) is 0 Å². The van der Waals surface area contributed by atoms with Gasteiger partial charge in [-0.3, -0.25) is 4.79 Å². The van der Waals surface area contributed by atoms with E-state index >= 15 is 0 Å². The first kappa shape index (κ1) is 14.3. The third kappa shape index (κ3) is 4.80. The van der Waals surface area contributed by atoms with Gasteiger partial charge in [0.05, 0.1) is 5.75 Å². The van der Waals surface area contributed by atoms with Crippen molar-refractivity contribution >= 4 is 17.7 Å². The van der Waals surface area contributed by atoms with Crippen molar-refractivity contribution in [1.82, 2.24) is 20.6 Å². The standard InChI is InChI=1S/C13H20N4OS/c1-9-6-10(2)16-13(15-9)19-8-12(18)17-11-4-3-5-14-7-11/h6,11,14H,3-5,7-8H2,1-2H3,(H,17,18). The van der Waals surface area contributed by atoms with Crippen LogP contribution >= 0.6 is 11.8 Å². The molecule has 0 bridgehead atoms. The predicted octanol–water partition coefficient (Wildman–Crippen LogP) is 1.05. The highest BCUT2D eigenvalue weighted by atomic mass is 32.2. The Hall–Kier alpha value is -1.14. The molecule has 1 aromatic rings. The van der Waals surface area contributed by atoms with E-state index in [-0.39, 0.29) is 11.9 Å². The van der Waals surface area contributed by atoms with E-state index in [1.54, 1.807) is 0 Å². The van der Waals surface area contributed by atoms with Crippen LogP contribution in [0.2, 0.25) is 0 Å². The molecule has 0 saturated carbocycles. The summed E-state index contributed by atoms with van der Waals surface area (Å²) in [4.78, 5) is 20.5. The number of hydrogen-bond donors (Lipinski definition) is 2. The van der Waals surface area contributed by atoms with E-state index in [1.807, 2.05) is 19.9 Å². The van der Waals surface area contributed by atoms with Gasteiger partial charge in [0, 0.05) is 24.0 Å². The van der Waals surface area contributed by atoms with Gasteiger partial charge in [-0.2, -0.15) is 0 Å². The molecule has 1 aliphatic rings. The second-order valence-corrected chi connectivity index (χ2v) is 5.78. The zero-order valence-corrected chi connectivity index (χ0v) is 12.2. The van der Waals surface area contributed by atoms with E-state index in [0.29, 0.717) is 10.9 Å². The number of hydrogen-bond acceptors (Lipinski definition) is 5. The molecule has 0 aromatic carbocycles. The Kier molecular flexibility index (Phi) is 5.15. The summed E-state index contributed by atoms with van der Waals surface area (Å²) in [6, 6.07) is 2.19. The lowest BCUT2D eigenvalue weighted by Crippen LogP contribution is -2.46. The van der Waals surface area contributed by atoms with E-state index in [4.69, 9.17) is 0 Å². The van der Waals surface area contributed by atoms with E-state index in [9.17, 15) is 4.79 Å². The van der Waals surface area contributed by atoms with Gasteiger partial charge in [-0.25, -0.2) is 9.97 Å². The molecule has 6 heteroatoms. The Balaban J connectivity index is 1.79. The van der Waals surface area contributed by atoms with Crippen molar-refractivity contribution in [2.24, 2.45) is 0 Å². The zero-order chi connectivity index (χ0) is 13.7. The van der Waals surface area contributed by atoms with Crippen LogP contribution in [0.1, 0.15) is 24.2 Å². The largest absolute Gasteiger partial charge is 0.351 e. The number of amides is 1. The molecule has 1 aliphatic heterocycles. The fourth-order valence-corrected chi connectivity index (χ4v) is 2.89. The summed E-state index contributed by atoms with van der Waals surface area (Å²) < 4.78 is 0. The van der Waals surface area contributed by atoms with Crippen molar-refractivity contribution in [2.75, 3.05) is 18.8 Å². The molecule has 1 amide bonds. The lowest BCUT2D eigenvalue weighted by Gasteiger charge is -2.23. The number of carbonyl (C=O) groups is 1. The normalized spacial score (nSPS) is 19.2. The molecule has 0 radical (unpaired) electrons. The van der Waals surface area contributed by atoms with Crippen LogP contribution in [0.5, 0.6) is 0 Å². The molecular formula is C13H20N4OS. The number of aryl methyl sites for hydroxylation is 2. The topological polar surface area (TPSA) is 66.9 Å². The Morgan fingerprint density at radius 3 is 2.84 bits per heavy atom. The minimum absolute atomic E-state index is 0.0569. The summed E-state index contributed by atoms with van der Waals surface area (Å²) in [6.07, 6.45) is 2.18. The molecule has 1 fully saturated rings. The second kappa shape index (κ2) is 6.86. The van der Waals surface area contributed by atoms with Gasteiger partial charge < -0.3 is 10.6 Å². The smallest absolute Gasteiger partial charge is 0.230 e. The van der Waals surface area contributed by atoms with Gasteiger partial charge in [-0.1, -0.05) is 11.8 Å². The fourth-order valence-electron chi connectivity index (χ4n) is 2.13. The lowest BCUT2D eigenvalue weighted by atomic mass is 10.1. The molecule has 1 saturated heterocycles. The van der Waals surface area contributed by atoms with E-state index < -0.39 is 0 Å².